The number of ether oxygens (including phenoxy) is 1. The second-order valence-electron chi connectivity index (χ2n) is 4.62. The molecule has 21 heavy (non-hydrogen) atoms. The minimum absolute atomic E-state index is 0.221. The Labute approximate surface area is 122 Å². The van der Waals surface area contributed by atoms with Crippen LogP contribution in [0.2, 0.25) is 0 Å². The standard InChI is InChI=1S/C16H15N3O2/c1-21-12-5-7-18-15(9-12)16(20)19-10-11-3-2-4-14-13(11)6-8-17-14/h2-9,17H,10H2,1H3,(H,19,20). The fraction of sp³-hybridized carbons (Fsp3) is 0.125. The molecule has 0 aliphatic heterocycles. The Morgan fingerprint density at radius 1 is 1.33 bits per heavy atom. The highest BCUT2D eigenvalue weighted by Gasteiger charge is 2.09. The summed E-state index contributed by atoms with van der Waals surface area (Å²) in [5, 5.41) is 3.99. The first-order valence-corrected chi connectivity index (χ1v) is 6.61. The maximum absolute atomic E-state index is 12.1. The second kappa shape index (κ2) is 5.66. The zero-order chi connectivity index (χ0) is 14.7. The Hall–Kier alpha value is -2.82. The van der Waals surface area contributed by atoms with Gasteiger partial charge in [-0.15, -0.1) is 0 Å². The molecule has 0 fully saturated rings. The SMILES string of the molecule is COc1ccnc(C(=O)NCc2cccc3[nH]ccc23)c1. The van der Waals surface area contributed by atoms with Crippen LogP contribution in [0.5, 0.6) is 5.75 Å². The number of H-pyrrole nitrogens is 1. The minimum Gasteiger partial charge on any atom is -0.497 e. The number of methoxy groups -OCH3 is 1. The lowest BCUT2D eigenvalue weighted by Gasteiger charge is -2.07. The Morgan fingerprint density at radius 2 is 2.24 bits per heavy atom. The predicted octanol–water partition coefficient (Wildman–Crippen LogP) is 2.50. The maximum Gasteiger partial charge on any atom is 0.270 e. The molecule has 3 rings (SSSR count). The quantitative estimate of drug-likeness (QED) is 0.772. The molecule has 0 spiro atoms. The van der Waals surface area contributed by atoms with Gasteiger partial charge in [-0.25, -0.2) is 0 Å². The smallest absolute Gasteiger partial charge is 0.270 e. The first-order valence-electron chi connectivity index (χ1n) is 6.61. The van der Waals surface area contributed by atoms with Crippen LogP contribution in [0.4, 0.5) is 0 Å². The van der Waals surface area contributed by atoms with Crippen LogP contribution in [0.1, 0.15) is 16.1 Å². The number of pyridine rings is 1. The van der Waals surface area contributed by atoms with Crippen molar-refractivity contribution in [3.05, 3.63) is 60.0 Å². The first-order chi connectivity index (χ1) is 10.3. The molecule has 0 saturated heterocycles. The molecular formula is C16H15N3O2. The van der Waals surface area contributed by atoms with Crippen molar-refractivity contribution in [2.45, 2.75) is 6.54 Å². The predicted molar refractivity (Wildman–Crippen MR) is 80.3 cm³/mol. The van der Waals surface area contributed by atoms with Gasteiger partial charge in [-0.3, -0.25) is 9.78 Å². The maximum atomic E-state index is 12.1. The van der Waals surface area contributed by atoms with E-state index in [0.29, 0.717) is 18.0 Å². The van der Waals surface area contributed by atoms with E-state index in [4.69, 9.17) is 4.74 Å². The second-order valence-corrected chi connectivity index (χ2v) is 4.62. The van der Waals surface area contributed by atoms with Crippen LogP contribution in [0, 0.1) is 0 Å². The molecule has 5 nitrogen and oxygen atoms in total. The minimum atomic E-state index is -0.221. The van der Waals surface area contributed by atoms with Gasteiger partial charge in [0.1, 0.15) is 11.4 Å². The largest absolute Gasteiger partial charge is 0.497 e. The number of nitrogens with one attached hydrogen (secondary N) is 2. The van der Waals surface area contributed by atoms with Gasteiger partial charge in [0, 0.05) is 35.9 Å². The molecule has 2 aromatic heterocycles. The van der Waals surface area contributed by atoms with E-state index in [1.54, 1.807) is 25.4 Å². The van der Waals surface area contributed by atoms with Crippen molar-refractivity contribution in [1.82, 2.24) is 15.3 Å². The molecule has 106 valence electrons. The number of aromatic nitrogens is 2. The van der Waals surface area contributed by atoms with Crippen molar-refractivity contribution >= 4 is 16.8 Å². The van der Waals surface area contributed by atoms with E-state index in [-0.39, 0.29) is 5.91 Å². The number of fused-ring (bicyclic) bond motifs is 1. The van der Waals surface area contributed by atoms with E-state index in [9.17, 15) is 4.79 Å². The summed E-state index contributed by atoms with van der Waals surface area (Å²) in [6.45, 7) is 0.451. The Balaban J connectivity index is 1.75. The molecule has 0 aliphatic rings. The lowest BCUT2D eigenvalue weighted by Crippen LogP contribution is -2.23. The molecule has 1 aromatic carbocycles. The lowest BCUT2D eigenvalue weighted by molar-refractivity contribution is 0.0945. The van der Waals surface area contributed by atoms with Gasteiger partial charge in [0.05, 0.1) is 7.11 Å². The molecule has 0 unspecified atom stereocenters. The first kappa shape index (κ1) is 13.2. The topological polar surface area (TPSA) is 67.0 Å². The summed E-state index contributed by atoms with van der Waals surface area (Å²) in [4.78, 5) is 19.3. The molecular weight excluding hydrogens is 266 g/mol. The van der Waals surface area contributed by atoms with Crippen molar-refractivity contribution in [3.8, 4) is 5.75 Å². The van der Waals surface area contributed by atoms with E-state index >= 15 is 0 Å². The van der Waals surface area contributed by atoms with Crippen LogP contribution < -0.4 is 10.1 Å². The molecule has 5 heteroatoms. The molecule has 0 aliphatic carbocycles. The Morgan fingerprint density at radius 3 is 3.10 bits per heavy atom. The van der Waals surface area contributed by atoms with Gasteiger partial charge in [-0.2, -0.15) is 0 Å². The third kappa shape index (κ3) is 2.72. The molecule has 2 N–H and O–H groups in total. The van der Waals surface area contributed by atoms with Crippen LogP contribution in [0.15, 0.2) is 48.8 Å². The van der Waals surface area contributed by atoms with Crippen molar-refractivity contribution in [2.75, 3.05) is 7.11 Å². The average molecular weight is 281 g/mol. The number of carbonyl (C=O) groups excluding carboxylic acids is 1. The summed E-state index contributed by atoms with van der Waals surface area (Å²) in [6.07, 6.45) is 3.44. The van der Waals surface area contributed by atoms with Crippen LogP contribution >= 0.6 is 0 Å². The summed E-state index contributed by atoms with van der Waals surface area (Å²) >= 11 is 0. The van der Waals surface area contributed by atoms with Crippen LogP contribution in [-0.4, -0.2) is 23.0 Å². The third-order valence-electron chi connectivity index (χ3n) is 3.32. The monoisotopic (exact) mass is 281 g/mol. The zero-order valence-corrected chi connectivity index (χ0v) is 11.6. The average Bonchev–Trinajstić information content (AvgIpc) is 3.01. The summed E-state index contributed by atoms with van der Waals surface area (Å²) in [7, 11) is 1.56. The zero-order valence-electron chi connectivity index (χ0n) is 11.6. The van der Waals surface area contributed by atoms with Gasteiger partial charge in [0.2, 0.25) is 0 Å². The molecule has 0 atom stereocenters. The van der Waals surface area contributed by atoms with Gasteiger partial charge in [-0.1, -0.05) is 12.1 Å². The number of aromatic amines is 1. The van der Waals surface area contributed by atoms with Gasteiger partial charge in [-0.05, 0) is 23.8 Å². The molecule has 0 saturated carbocycles. The van der Waals surface area contributed by atoms with Crippen molar-refractivity contribution in [2.24, 2.45) is 0 Å². The third-order valence-corrected chi connectivity index (χ3v) is 3.32. The normalized spacial score (nSPS) is 10.5. The number of hydrogen-bond donors (Lipinski definition) is 2. The molecule has 1 amide bonds. The fourth-order valence-corrected chi connectivity index (χ4v) is 2.23. The van der Waals surface area contributed by atoms with E-state index in [1.807, 2.05) is 30.5 Å². The fourth-order valence-electron chi connectivity index (χ4n) is 2.23. The highest BCUT2D eigenvalue weighted by Crippen LogP contribution is 2.17. The number of hydrogen-bond acceptors (Lipinski definition) is 3. The van der Waals surface area contributed by atoms with Gasteiger partial charge < -0.3 is 15.0 Å². The molecule has 0 radical (unpaired) electrons. The van der Waals surface area contributed by atoms with Crippen LogP contribution in [0.3, 0.4) is 0 Å². The molecule has 3 aromatic rings. The van der Waals surface area contributed by atoms with Gasteiger partial charge in [0.15, 0.2) is 0 Å². The number of rotatable bonds is 4. The number of benzene rings is 1. The Kier molecular flexibility index (Phi) is 3.55. The lowest BCUT2D eigenvalue weighted by atomic mass is 10.1. The summed E-state index contributed by atoms with van der Waals surface area (Å²) in [5.74, 6) is 0.393. The summed E-state index contributed by atoms with van der Waals surface area (Å²) < 4.78 is 5.09. The van der Waals surface area contributed by atoms with Gasteiger partial charge in [0.25, 0.3) is 5.91 Å². The van der Waals surface area contributed by atoms with E-state index < -0.39 is 0 Å². The van der Waals surface area contributed by atoms with Crippen LogP contribution in [-0.2, 0) is 6.54 Å². The number of amides is 1. The molecule has 2 heterocycles. The number of nitrogens with zero attached hydrogens (tertiary/aromatic N) is 1. The van der Waals surface area contributed by atoms with Gasteiger partial charge >= 0.3 is 0 Å². The van der Waals surface area contributed by atoms with E-state index in [0.717, 1.165) is 16.5 Å². The highest BCUT2D eigenvalue weighted by atomic mass is 16.5. The van der Waals surface area contributed by atoms with Crippen molar-refractivity contribution in [1.29, 1.82) is 0 Å². The van der Waals surface area contributed by atoms with E-state index in [2.05, 4.69) is 15.3 Å². The van der Waals surface area contributed by atoms with Crippen LogP contribution in [0.25, 0.3) is 10.9 Å². The van der Waals surface area contributed by atoms with Crippen molar-refractivity contribution in [3.63, 3.8) is 0 Å². The molecule has 0 bridgehead atoms. The number of carbonyl (C=O) groups is 1. The highest BCUT2D eigenvalue weighted by molar-refractivity contribution is 5.93. The summed E-state index contributed by atoms with van der Waals surface area (Å²) in [6, 6.07) is 11.3. The Bertz CT molecular complexity index is 780. The summed E-state index contributed by atoms with van der Waals surface area (Å²) in [5.41, 5.74) is 2.46. The van der Waals surface area contributed by atoms with E-state index in [1.165, 1.54) is 0 Å². The van der Waals surface area contributed by atoms with Crippen molar-refractivity contribution < 1.29 is 9.53 Å².